The van der Waals surface area contributed by atoms with Crippen molar-refractivity contribution >= 4 is 11.7 Å². The normalized spacial score (nSPS) is 21.2. The average Bonchev–Trinajstić information content (AvgIpc) is 2.91. The molecule has 1 N–H and O–H groups in total. The lowest BCUT2D eigenvalue weighted by Crippen LogP contribution is -2.42. The van der Waals surface area contributed by atoms with E-state index in [1.807, 2.05) is 19.2 Å². The van der Waals surface area contributed by atoms with Gasteiger partial charge in [-0.15, -0.1) is 0 Å². The molecule has 0 radical (unpaired) electrons. The van der Waals surface area contributed by atoms with E-state index < -0.39 is 0 Å². The molecule has 0 aromatic heterocycles. The van der Waals surface area contributed by atoms with Crippen molar-refractivity contribution in [2.24, 2.45) is 5.92 Å². The number of urea groups is 1. The Hall–Kier alpha value is -1.55. The van der Waals surface area contributed by atoms with Crippen LogP contribution in [0.4, 0.5) is 10.5 Å². The Bertz CT molecular complexity index is 498. The summed E-state index contributed by atoms with van der Waals surface area (Å²) in [5.74, 6) is 0.701. The number of carbonyl (C=O) groups is 1. The number of carbonyl (C=O) groups excluding carboxylic acids is 1. The van der Waals surface area contributed by atoms with Crippen LogP contribution in [-0.4, -0.2) is 42.8 Å². The van der Waals surface area contributed by atoms with Gasteiger partial charge in [-0.3, -0.25) is 4.90 Å². The Morgan fingerprint density at radius 1 is 1.23 bits per heavy atom. The van der Waals surface area contributed by atoms with Crippen LogP contribution in [0, 0.1) is 5.92 Å². The number of nitrogens with zero attached hydrogens (tertiary/aromatic N) is 2. The van der Waals surface area contributed by atoms with Crippen LogP contribution in [0.5, 0.6) is 0 Å². The zero-order valence-electron chi connectivity index (χ0n) is 14.1. The highest BCUT2D eigenvalue weighted by atomic mass is 16.3. The number of aliphatic hydroxyl groups is 1. The molecular formula is C18H28N2O2. The summed E-state index contributed by atoms with van der Waals surface area (Å²) in [6.45, 7) is 4.93. The minimum atomic E-state index is -0.258. The summed E-state index contributed by atoms with van der Waals surface area (Å²) in [6.07, 6.45) is 2.66. The lowest BCUT2D eigenvalue weighted by Gasteiger charge is -2.28. The van der Waals surface area contributed by atoms with Crippen LogP contribution in [-0.2, 0) is 0 Å². The monoisotopic (exact) mass is 304 g/mol. The highest BCUT2D eigenvalue weighted by Gasteiger charge is 2.28. The average molecular weight is 304 g/mol. The molecule has 1 aliphatic rings. The largest absolute Gasteiger partial charge is 0.393 e. The molecule has 0 aliphatic heterocycles. The fourth-order valence-electron chi connectivity index (χ4n) is 3.11. The minimum Gasteiger partial charge on any atom is -0.393 e. The molecule has 1 saturated carbocycles. The molecule has 2 unspecified atom stereocenters. The van der Waals surface area contributed by atoms with E-state index in [9.17, 15) is 9.90 Å². The van der Waals surface area contributed by atoms with Gasteiger partial charge in [-0.2, -0.15) is 0 Å². The molecule has 4 heteroatoms. The lowest BCUT2D eigenvalue weighted by atomic mass is 10.0. The predicted molar refractivity (Wildman–Crippen MR) is 90.3 cm³/mol. The second-order valence-corrected chi connectivity index (χ2v) is 6.73. The zero-order chi connectivity index (χ0) is 16.3. The van der Waals surface area contributed by atoms with Gasteiger partial charge in [0.1, 0.15) is 0 Å². The third kappa shape index (κ3) is 3.80. The summed E-state index contributed by atoms with van der Waals surface area (Å²) in [4.78, 5) is 15.9. The van der Waals surface area contributed by atoms with E-state index in [1.54, 1.807) is 16.8 Å². The summed E-state index contributed by atoms with van der Waals surface area (Å²) >= 11 is 0. The van der Waals surface area contributed by atoms with Crippen molar-refractivity contribution in [3.63, 3.8) is 0 Å². The standard InChI is InChI=1S/C18H28N2O2/c1-13(2)14-8-10-16(11-9-14)20(4)18(22)19(3)12-15-6-5-7-17(15)21/h8-11,13,15,17,21H,5-7,12H2,1-4H3. The van der Waals surface area contributed by atoms with Gasteiger partial charge in [0.25, 0.3) is 0 Å². The van der Waals surface area contributed by atoms with Crippen molar-refractivity contribution in [3.8, 4) is 0 Å². The Kier molecular flexibility index (Phi) is 5.46. The Labute approximate surface area is 133 Å². The van der Waals surface area contributed by atoms with Crippen molar-refractivity contribution in [2.45, 2.75) is 45.1 Å². The Morgan fingerprint density at radius 2 is 1.86 bits per heavy atom. The van der Waals surface area contributed by atoms with E-state index in [1.165, 1.54) is 5.56 Å². The number of benzene rings is 1. The molecule has 1 aromatic carbocycles. The number of hydrogen-bond donors (Lipinski definition) is 1. The number of rotatable bonds is 4. The first-order valence-corrected chi connectivity index (χ1v) is 8.17. The van der Waals surface area contributed by atoms with E-state index >= 15 is 0 Å². The van der Waals surface area contributed by atoms with Gasteiger partial charge in [0.2, 0.25) is 0 Å². The summed E-state index contributed by atoms with van der Waals surface area (Å²) < 4.78 is 0. The summed E-state index contributed by atoms with van der Waals surface area (Å²) in [6, 6.07) is 8.10. The van der Waals surface area contributed by atoms with Crippen molar-refractivity contribution < 1.29 is 9.90 Å². The molecule has 0 saturated heterocycles. The molecule has 0 bridgehead atoms. The molecule has 0 spiro atoms. The summed E-state index contributed by atoms with van der Waals surface area (Å²) in [5.41, 5.74) is 2.17. The number of hydrogen-bond acceptors (Lipinski definition) is 2. The first kappa shape index (κ1) is 16.8. The lowest BCUT2D eigenvalue weighted by molar-refractivity contribution is 0.115. The molecular weight excluding hydrogens is 276 g/mol. The van der Waals surface area contributed by atoms with Gasteiger partial charge in [0.05, 0.1) is 6.10 Å². The molecule has 1 aliphatic carbocycles. The molecule has 0 heterocycles. The van der Waals surface area contributed by atoms with Gasteiger partial charge in [-0.1, -0.05) is 32.4 Å². The van der Waals surface area contributed by atoms with Gasteiger partial charge >= 0.3 is 6.03 Å². The molecule has 2 atom stereocenters. The van der Waals surface area contributed by atoms with Gasteiger partial charge in [-0.25, -0.2) is 4.79 Å². The third-order valence-electron chi connectivity index (χ3n) is 4.69. The highest BCUT2D eigenvalue weighted by Crippen LogP contribution is 2.26. The van der Waals surface area contributed by atoms with E-state index in [0.29, 0.717) is 12.5 Å². The quantitative estimate of drug-likeness (QED) is 0.926. The molecule has 2 amide bonds. The SMILES string of the molecule is CC(C)c1ccc(N(C)C(=O)N(C)CC2CCCC2O)cc1. The van der Waals surface area contributed by atoms with Crippen LogP contribution in [0.25, 0.3) is 0 Å². The van der Waals surface area contributed by atoms with Crippen LogP contribution in [0.1, 0.15) is 44.6 Å². The van der Waals surface area contributed by atoms with Crippen LogP contribution in [0.2, 0.25) is 0 Å². The zero-order valence-corrected chi connectivity index (χ0v) is 14.1. The van der Waals surface area contributed by atoms with E-state index in [-0.39, 0.29) is 18.1 Å². The second-order valence-electron chi connectivity index (χ2n) is 6.73. The Balaban J connectivity index is 1.98. The summed E-state index contributed by atoms with van der Waals surface area (Å²) in [5, 5.41) is 9.91. The van der Waals surface area contributed by atoms with E-state index in [2.05, 4.69) is 26.0 Å². The molecule has 4 nitrogen and oxygen atoms in total. The second kappa shape index (κ2) is 7.14. The van der Waals surface area contributed by atoms with E-state index in [4.69, 9.17) is 0 Å². The van der Waals surface area contributed by atoms with Crippen molar-refractivity contribution in [1.29, 1.82) is 0 Å². The topological polar surface area (TPSA) is 43.8 Å². The van der Waals surface area contributed by atoms with Crippen molar-refractivity contribution in [3.05, 3.63) is 29.8 Å². The maximum Gasteiger partial charge on any atom is 0.323 e. The van der Waals surface area contributed by atoms with Crippen LogP contribution in [0.3, 0.4) is 0 Å². The maximum absolute atomic E-state index is 12.5. The number of amides is 2. The number of aliphatic hydroxyl groups excluding tert-OH is 1. The maximum atomic E-state index is 12.5. The van der Waals surface area contributed by atoms with Crippen molar-refractivity contribution in [2.75, 3.05) is 25.5 Å². The van der Waals surface area contributed by atoms with Crippen LogP contribution in [0.15, 0.2) is 24.3 Å². The fourth-order valence-corrected chi connectivity index (χ4v) is 3.11. The Morgan fingerprint density at radius 3 is 2.36 bits per heavy atom. The molecule has 1 aromatic rings. The molecule has 22 heavy (non-hydrogen) atoms. The van der Waals surface area contributed by atoms with Crippen LogP contribution >= 0.6 is 0 Å². The summed E-state index contributed by atoms with van der Waals surface area (Å²) in [7, 11) is 3.61. The molecule has 2 rings (SSSR count). The van der Waals surface area contributed by atoms with Gasteiger partial charge in [0, 0.05) is 32.2 Å². The highest BCUT2D eigenvalue weighted by molar-refractivity contribution is 5.91. The van der Waals surface area contributed by atoms with Crippen molar-refractivity contribution in [1.82, 2.24) is 4.90 Å². The fraction of sp³-hybridized carbons (Fsp3) is 0.611. The van der Waals surface area contributed by atoms with Gasteiger partial charge in [0.15, 0.2) is 0 Å². The van der Waals surface area contributed by atoms with Gasteiger partial charge < -0.3 is 10.0 Å². The first-order valence-electron chi connectivity index (χ1n) is 8.17. The smallest absolute Gasteiger partial charge is 0.323 e. The number of anilines is 1. The predicted octanol–water partition coefficient (Wildman–Crippen LogP) is 3.46. The molecule has 122 valence electrons. The van der Waals surface area contributed by atoms with Crippen LogP contribution < -0.4 is 4.90 Å². The first-order chi connectivity index (χ1) is 10.4. The van der Waals surface area contributed by atoms with Gasteiger partial charge in [-0.05, 0) is 36.5 Å². The third-order valence-corrected chi connectivity index (χ3v) is 4.69. The minimum absolute atomic E-state index is 0.0311. The van der Waals surface area contributed by atoms with E-state index in [0.717, 1.165) is 24.9 Å². The molecule has 1 fully saturated rings.